The molecule has 0 saturated heterocycles. The van der Waals surface area contributed by atoms with Gasteiger partial charge >= 0.3 is 0 Å². The fourth-order valence-corrected chi connectivity index (χ4v) is 3.31. The maximum atomic E-state index is 13.7. The van der Waals surface area contributed by atoms with Crippen LogP contribution in [0.5, 0.6) is 0 Å². The summed E-state index contributed by atoms with van der Waals surface area (Å²) in [4.78, 5) is 2.41. The SMILES string of the molecule is Cc1cc(C(N)Cc2c(F)cccc2Cl)c(C)s1. The van der Waals surface area contributed by atoms with Crippen LogP contribution in [0.2, 0.25) is 5.02 Å². The standard InChI is InChI=1S/C14H15ClFNS/c1-8-6-10(9(2)18-8)14(17)7-11-12(15)4-3-5-13(11)16/h3-6,14H,7,17H2,1-2H3. The fourth-order valence-electron chi connectivity index (χ4n) is 2.08. The lowest BCUT2D eigenvalue weighted by atomic mass is 9.99. The van der Waals surface area contributed by atoms with E-state index in [0.717, 1.165) is 5.56 Å². The molecule has 2 aromatic rings. The van der Waals surface area contributed by atoms with Crippen LogP contribution < -0.4 is 5.73 Å². The van der Waals surface area contributed by atoms with Crippen LogP contribution in [-0.2, 0) is 6.42 Å². The maximum absolute atomic E-state index is 13.7. The van der Waals surface area contributed by atoms with Crippen LogP contribution in [0.25, 0.3) is 0 Å². The number of nitrogens with two attached hydrogens (primary N) is 1. The molecule has 0 bridgehead atoms. The number of thiophene rings is 1. The molecule has 1 unspecified atom stereocenters. The predicted octanol–water partition coefficient (Wildman–Crippen LogP) is 4.40. The molecule has 0 fully saturated rings. The third-order valence-corrected chi connectivity index (χ3v) is 4.30. The Balaban J connectivity index is 2.26. The Morgan fingerprint density at radius 3 is 2.67 bits per heavy atom. The number of hydrogen-bond acceptors (Lipinski definition) is 2. The normalized spacial score (nSPS) is 12.7. The van der Waals surface area contributed by atoms with Gasteiger partial charge in [-0.25, -0.2) is 4.39 Å². The molecular formula is C14H15ClFNS. The third-order valence-electron chi connectivity index (χ3n) is 2.96. The summed E-state index contributed by atoms with van der Waals surface area (Å²) in [5.41, 5.74) is 7.74. The van der Waals surface area contributed by atoms with Gasteiger partial charge in [-0.2, -0.15) is 0 Å². The van der Waals surface area contributed by atoms with Crippen molar-refractivity contribution in [1.82, 2.24) is 0 Å². The number of aryl methyl sites for hydroxylation is 2. The van der Waals surface area contributed by atoms with Gasteiger partial charge in [0.2, 0.25) is 0 Å². The zero-order chi connectivity index (χ0) is 13.3. The Hall–Kier alpha value is -0.900. The van der Waals surface area contributed by atoms with Gasteiger partial charge in [0.05, 0.1) is 0 Å². The second-order valence-electron chi connectivity index (χ2n) is 4.38. The van der Waals surface area contributed by atoms with Gasteiger partial charge < -0.3 is 5.73 Å². The van der Waals surface area contributed by atoms with Gasteiger partial charge in [0.15, 0.2) is 0 Å². The van der Waals surface area contributed by atoms with Crippen molar-refractivity contribution in [2.45, 2.75) is 26.3 Å². The topological polar surface area (TPSA) is 26.0 Å². The van der Waals surface area contributed by atoms with Gasteiger partial charge in [-0.15, -0.1) is 11.3 Å². The molecule has 1 aromatic heterocycles. The molecule has 2 rings (SSSR count). The highest BCUT2D eigenvalue weighted by molar-refractivity contribution is 7.12. The summed E-state index contributed by atoms with van der Waals surface area (Å²) in [6.45, 7) is 4.08. The zero-order valence-corrected chi connectivity index (χ0v) is 11.9. The van der Waals surface area contributed by atoms with E-state index < -0.39 is 0 Å². The van der Waals surface area contributed by atoms with E-state index in [9.17, 15) is 4.39 Å². The molecule has 0 spiro atoms. The highest BCUT2D eigenvalue weighted by Gasteiger charge is 2.16. The van der Waals surface area contributed by atoms with E-state index in [0.29, 0.717) is 17.0 Å². The quantitative estimate of drug-likeness (QED) is 0.888. The summed E-state index contributed by atoms with van der Waals surface area (Å²) in [5.74, 6) is -0.289. The molecule has 18 heavy (non-hydrogen) atoms. The van der Waals surface area contributed by atoms with E-state index >= 15 is 0 Å². The first-order valence-corrected chi connectivity index (χ1v) is 6.94. The van der Waals surface area contributed by atoms with E-state index in [1.165, 1.54) is 15.8 Å². The van der Waals surface area contributed by atoms with Gasteiger partial charge in [0.25, 0.3) is 0 Å². The molecule has 1 heterocycles. The average molecular weight is 284 g/mol. The van der Waals surface area contributed by atoms with Gasteiger partial charge in [-0.3, -0.25) is 0 Å². The van der Waals surface area contributed by atoms with Crippen molar-refractivity contribution in [2.75, 3.05) is 0 Å². The molecule has 0 aliphatic heterocycles. The van der Waals surface area contributed by atoms with Gasteiger partial charge in [0, 0.05) is 26.4 Å². The Labute approximate surface area is 115 Å². The van der Waals surface area contributed by atoms with Crippen LogP contribution in [0.4, 0.5) is 4.39 Å². The molecule has 4 heteroatoms. The second kappa shape index (κ2) is 5.39. The summed E-state index contributed by atoms with van der Waals surface area (Å²) in [6.07, 6.45) is 0.419. The average Bonchev–Trinajstić information content (AvgIpc) is 2.63. The number of hydrogen-bond donors (Lipinski definition) is 1. The molecule has 0 saturated carbocycles. The molecule has 0 radical (unpaired) electrons. The third kappa shape index (κ3) is 2.74. The molecule has 0 aliphatic rings. The van der Waals surface area contributed by atoms with E-state index in [1.807, 2.05) is 13.8 Å². The predicted molar refractivity (Wildman–Crippen MR) is 75.8 cm³/mol. The molecule has 1 atom stereocenters. The summed E-state index contributed by atoms with van der Waals surface area (Å²) in [5, 5.41) is 0.440. The van der Waals surface area contributed by atoms with E-state index in [2.05, 4.69) is 6.07 Å². The molecular weight excluding hydrogens is 269 g/mol. The minimum absolute atomic E-state index is 0.218. The lowest BCUT2D eigenvalue weighted by Gasteiger charge is -2.13. The summed E-state index contributed by atoms with van der Waals surface area (Å²) in [7, 11) is 0. The fraction of sp³-hybridized carbons (Fsp3) is 0.286. The zero-order valence-electron chi connectivity index (χ0n) is 10.3. The maximum Gasteiger partial charge on any atom is 0.127 e. The number of halogens is 2. The number of rotatable bonds is 3. The van der Waals surface area contributed by atoms with Gasteiger partial charge in [-0.1, -0.05) is 17.7 Å². The van der Waals surface area contributed by atoms with Gasteiger partial charge in [-0.05, 0) is 44.0 Å². The number of benzene rings is 1. The van der Waals surface area contributed by atoms with Crippen molar-refractivity contribution >= 4 is 22.9 Å². The van der Waals surface area contributed by atoms with Crippen molar-refractivity contribution < 1.29 is 4.39 Å². The van der Waals surface area contributed by atoms with Crippen LogP contribution in [0.1, 0.15) is 26.9 Å². The van der Waals surface area contributed by atoms with Crippen LogP contribution in [0.3, 0.4) is 0 Å². The monoisotopic (exact) mass is 283 g/mol. The Morgan fingerprint density at radius 2 is 2.11 bits per heavy atom. The first kappa shape index (κ1) is 13.5. The van der Waals surface area contributed by atoms with Crippen LogP contribution in [0, 0.1) is 19.7 Å². The van der Waals surface area contributed by atoms with Crippen LogP contribution in [0.15, 0.2) is 24.3 Å². The minimum Gasteiger partial charge on any atom is -0.324 e. The lowest BCUT2D eigenvalue weighted by Crippen LogP contribution is -2.14. The molecule has 0 amide bonds. The first-order chi connectivity index (χ1) is 8.49. The van der Waals surface area contributed by atoms with Crippen molar-refractivity contribution in [2.24, 2.45) is 5.73 Å². The van der Waals surface area contributed by atoms with Crippen LogP contribution >= 0.6 is 22.9 Å². The summed E-state index contributed by atoms with van der Waals surface area (Å²) >= 11 is 7.72. The van der Waals surface area contributed by atoms with E-state index in [1.54, 1.807) is 23.5 Å². The van der Waals surface area contributed by atoms with E-state index in [4.69, 9.17) is 17.3 Å². The highest BCUT2D eigenvalue weighted by atomic mass is 35.5. The highest BCUT2D eigenvalue weighted by Crippen LogP contribution is 2.29. The molecule has 1 nitrogen and oxygen atoms in total. The second-order valence-corrected chi connectivity index (χ2v) is 6.25. The van der Waals surface area contributed by atoms with E-state index in [-0.39, 0.29) is 11.9 Å². The Kier molecular flexibility index (Phi) is 4.05. The minimum atomic E-state index is -0.289. The molecule has 2 N–H and O–H groups in total. The molecule has 1 aromatic carbocycles. The van der Waals surface area contributed by atoms with Crippen molar-refractivity contribution in [3.05, 3.63) is 56.0 Å². The van der Waals surface area contributed by atoms with Crippen molar-refractivity contribution in [3.8, 4) is 0 Å². The van der Waals surface area contributed by atoms with Crippen molar-refractivity contribution in [3.63, 3.8) is 0 Å². The van der Waals surface area contributed by atoms with Gasteiger partial charge in [0.1, 0.15) is 5.82 Å². The summed E-state index contributed by atoms with van der Waals surface area (Å²) < 4.78 is 13.7. The molecule has 96 valence electrons. The smallest absolute Gasteiger partial charge is 0.127 e. The first-order valence-electron chi connectivity index (χ1n) is 5.74. The Morgan fingerprint density at radius 1 is 1.39 bits per heavy atom. The Bertz CT molecular complexity index is 545. The van der Waals surface area contributed by atoms with Crippen LogP contribution in [-0.4, -0.2) is 0 Å². The molecule has 0 aliphatic carbocycles. The largest absolute Gasteiger partial charge is 0.324 e. The van der Waals surface area contributed by atoms with Crippen molar-refractivity contribution in [1.29, 1.82) is 0 Å². The lowest BCUT2D eigenvalue weighted by molar-refractivity contribution is 0.593. The summed E-state index contributed by atoms with van der Waals surface area (Å²) in [6, 6.07) is 6.56.